The molecule has 182 valence electrons. The van der Waals surface area contributed by atoms with Crippen LogP contribution in [0.15, 0.2) is 78.9 Å². The van der Waals surface area contributed by atoms with Gasteiger partial charge in [0.1, 0.15) is 24.7 Å². The summed E-state index contributed by atoms with van der Waals surface area (Å²) in [6.45, 7) is 0.644. The summed E-state index contributed by atoms with van der Waals surface area (Å²) in [6.07, 6.45) is 5.57. The molecule has 2 amide bonds. The lowest BCUT2D eigenvalue weighted by Gasteiger charge is -2.31. The van der Waals surface area contributed by atoms with E-state index in [9.17, 15) is 9.59 Å². The number of carbonyl (C=O) groups excluding carboxylic acids is 2. The second kappa shape index (κ2) is 12.1. The molecular weight excluding hydrogens is 440 g/mol. The molecule has 3 aromatic rings. The number of benzene rings is 3. The fourth-order valence-corrected chi connectivity index (χ4v) is 4.40. The molecule has 1 saturated carbocycles. The Morgan fingerprint density at radius 1 is 0.800 bits per heavy atom. The van der Waals surface area contributed by atoms with Gasteiger partial charge in [-0.05, 0) is 49.2 Å². The molecule has 1 N–H and O–H groups in total. The van der Waals surface area contributed by atoms with E-state index >= 15 is 0 Å². The van der Waals surface area contributed by atoms with Gasteiger partial charge in [-0.3, -0.25) is 9.59 Å². The molecular formula is C29H32N2O4. The second-order valence-electron chi connectivity index (χ2n) is 8.71. The van der Waals surface area contributed by atoms with E-state index in [2.05, 4.69) is 5.32 Å². The Labute approximate surface area is 206 Å². The van der Waals surface area contributed by atoms with E-state index in [0.717, 1.165) is 31.4 Å². The van der Waals surface area contributed by atoms with Crippen LogP contribution in [0, 0.1) is 0 Å². The molecule has 0 bridgehead atoms. The zero-order valence-corrected chi connectivity index (χ0v) is 20.1. The Hall–Kier alpha value is -3.80. The second-order valence-corrected chi connectivity index (χ2v) is 8.71. The highest BCUT2D eigenvalue weighted by atomic mass is 16.5. The SMILES string of the molecule is CN(C(=O)c1ccccc1NC(=O)c1ccccc1OCCOc1ccccc1)C1CCCCC1. The number of rotatable bonds is 9. The van der Waals surface area contributed by atoms with Crippen LogP contribution in [0.25, 0.3) is 0 Å². The standard InChI is InChI=1S/C29H32N2O4/c1-31(22-12-4-2-5-13-22)29(33)24-16-8-10-18-26(24)30-28(32)25-17-9-11-19-27(25)35-21-20-34-23-14-6-3-7-15-23/h3,6-11,14-19,22H,2,4-5,12-13,20-21H2,1H3,(H,30,32). The van der Waals surface area contributed by atoms with E-state index in [1.54, 1.807) is 30.3 Å². The molecule has 0 spiro atoms. The molecule has 0 radical (unpaired) electrons. The number of carbonyl (C=O) groups is 2. The summed E-state index contributed by atoms with van der Waals surface area (Å²) in [5, 5.41) is 2.92. The maximum atomic E-state index is 13.3. The highest BCUT2D eigenvalue weighted by Gasteiger charge is 2.25. The molecule has 6 nitrogen and oxygen atoms in total. The fourth-order valence-electron chi connectivity index (χ4n) is 4.40. The Kier molecular flexibility index (Phi) is 8.39. The Morgan fingerprint density at radius 3 is 2.20 bits per heavy atom. The summed E-state index contributed by atoms with van der Waals surface area (Å²) in [6, 6.07) is 24.0. The van der Waals surface area contributed by atoms with Crippen LogP contribution >= 0.6 is 0 Å². The van der Waals surface area contributed by atoms with Gasteiger partial charge in [-0.1, -0.05) is 61.7 Å². The van der Waals surface area contributed by atoms with E-state index in [1.165, 1.54) is 6.42 Å². The monoisotopic (exact) mass is 472 g/mol. The summed E-state index contributed by atoms with van der Waals surface area (Å²) in [7, 11) is 1.86. The van der Waals surface area contributed by atoms with Gasteiger partial charge in [-0.2, -0.15) is 0 Å². The third-order valence-electron chi connectivity index (χ3n) is 6.33. The lowest BCUT2D eigenvalue weighted by Crippen LogP contribution is -2.38. The molecule has 3 aromatic carbocycles. The van der Waals surface area contributed by atoms with E-state index in [1.807, 2.05) is 60.5 Å². The van der Waals surface area contributed by atoms with Crippen LogP contribution in [0.1, 0.15) is 52.8 Å². The van der Waals surface area contributed by atoms with Crippen molar-refractivity contribution in [2.75, 3.05) is 25.6 Å². The van der Waals surface area contributed by atoms with Crippen molar-refractivity contribution in [3.05, 3.63) is 90.0 Å². The topological polar surface area (TPSA) is 67.9 Å². The van der Waals surface area contributed by atoms with Crippen LogP contribution in [0.2, 0.25) is 0 Å². The van der Waals surface area contributed by atoms with Crippen molar-refractivity contribution >= 4 is 17.5 Å². The van der Waals surface area contributed by atoms with Gasteiger partial charge in [0.05, 0.1) is 16.8 Å². The molecule has 6 heteroatoms. The average Bonchev–Trinajstić information content (AvgIpc) is 2.92. The number of anilines is 1. The number of hydrogen-bond donors (Lipinski definition) is 1. The lowest BCUT2D eigenvalue weighted by atomic mass is 9.94. The Morgan fingerprint density at radius 2 is 1.43 bits per heavy atom. The van der Waals surface area contributed by atoms with Crippen LogP contribution in [-0.2, 0) is 0 Å². The van der Waals surface area contributed by atoms with Crippen LogP contribution in [0.5, 0.6) is 11.5 Å². The third-order valence-corrected chi connectivity index (χ3v) is 6.33. The minimum Gasteiger partial charge on any atom is -0.490 e. The number of ether oxygens (including phenoxy) is 2. The smallest absolute Gasteiger partial charge is 0.259 e. The Bertz CT molecular complexity index is 1130. The molecule has 4 rings (SSSR count). The van der Waals surface area contributed by atoms with Crippen molar-refractivity contribution in [1.29, 1.82) is 0 Å². The van der Waals surface area contributed by atoms with Crippen molar-refractivity contribution in [2.45, 2.75) is 38.1 Å². The quantitative estimate of drug-likeness (QED) is 0.400. The number of hydrogen-bond acceptors (Lipinski definition) is 4. The molecule has 0 saturated heterocycles. The fraction of sp³-hybridized carbons (Fsp3) is 0.310. The van der Waals surface area contributed by atoms with Crippen LogP contribution < -0.4 is 14.8 Å². The first kappa shape index (κ1) is 24.3. The maximum Gasteiger partial charge on any atom is 0.259 e. The van der Waals surface area contributed by atoms with E-state index in [4.69, 9.17) is 9.47 Å². The molecule has 0 atom stereocenters. The van der Waals surface area contributed by atoms with Crippen molar-refractivity contribution in [1.82, 2.24) is 4.90 Å². The summed E-state index contributed by atoms with van der Waals surface area (Å²) < 4.78 is 11.5. The number of amides is 2. The maximum absolute atomic E-state index is 13.3. The molecule has 35 heavy (non-hydrogen) atoms. The molecule has 1 aliphatic carbocycles. The molecule has 1 fully saturated rings. The summed E-state index contributed by atoms with van der Waals surface area (Å²) in [5.74, 6) is 0.826. The number of nitrogens with one attached hydrogen (secondary N) is 1. The van der Waals surface area contributed by atoms with Crippen molar-refractivity contribution in [3.63, 3.8) is 0 Å². The van der Waals surface area contributed by atoms with Gasteiger partial charge in [-0.15, -0.1) is 0 Å². The highest BCUT2D eigenvalue weighted by Crippen LogP contribution is 2.26. The van der Waals surface area contributed by atoms with Crippen molar-refractivity contribution in [2.24, 2.45) is 0 Å². The summed E-state index contributed by atoms with van der Waals surface area (Å²) >= 11 is 0. The van der Waals surface area contributed by atoms with Crippen LogP contribution in [0.3, 0.4) is 0 Å². The first-order valence-corrected chi connectivity index (χ1v) is 12.2. The summed E-state index contributed by atoms with van der Waals surface area (Å²) in [4.78, 5) is 28.3. The average molecular weight is 473 g/mol. The minimum absolute atomic E-state index is 0.0737. The van der Waals surface area contributed by atoms with E-state index < -0.39 is 0 Å². The van der Waals surface area contributed by atoms with Crippen molar-refractivity contribution in [3.8, 4) is 11.5 Å². The number of nitrogens with zero attached hydrogens (tertiary/aromatic N) is 1. The van der Waals surface area contributed by atoms with Crippen LogP contribution in [-0.4, -0.2) is 43.0 Å². The number of para-hydroxylation sites is 3. The lowest BCUT2D eigenvalue weighted by molar-refractivity contribution is 0.0697. The van der Waals surface area contributed by atoms with Crippen molar-refractivity contribution < 1.29 is 19.1 Å². The van der Waals surface area contributed by atoms with Gasteiger partial charge in [0.25, 0.3) is 11.8 Å². The zero-order chi connectivity index (χ0) is 24.5. The van der Waals surface area contributed by atoms with Gasteiger partial charge in [-0.25, -0.2) is 0 Å². The summed E-state index contributed by atoms with van der Waals surface area (Å²) in [5.41, 5.74) is 1.38. The van der Waals surface area contributed by atoms with Crippen LogP contribution in [0.4, 0.5) is 5.69 Å². The molecule has 0 aromatic heterocycles. The van der Waals surface area contributed by atoms with Gasteiger partial charge in [0, 0.05) is 13.1 Å². The molecule has 0 unspecified atom stereocenters. The first-order valence-electron chi connectivity index (χ1n) is 12.2. The highest BCUT2D eigenvalue weighted by molar-refractivity contribution is 6.10. The minimum atomic E-state index is -0.329. The van der Waals surface area contributed by atoms with E-state index in [-0.39, 0.29) is 17.9 Å². The van der Waals surface area contributed by atoms with Gasteiger partial charge in [0.15, 0.2) is 0 Å². The van der Waals surface area contributed by atoms with Gasteiger partial charge >= 0.3 is 0 Å². The zero-order valence-electron chi connectivity index (χ0n) is 20.1. The van der Waals surface area contributed by atoms with Gasteiger partial charge in [0.2, 0.25) is 0 Å². The largest absolute Gasteiger partial charge is 0.490 e. The molecule has 0 heterocycles. The predicted octanol–water partition coefficient (Wildman–Crippen LogP) is 5.80. The molecule has 1 aliphatic rings. The normalized spacial score (nSPS) is 13.6. The third kappa shape index (κ3) is 6.41. The van der Waals surface area contributed by atoms with Gasteiger partial charge < -0.3 is 19.7 Å². The molecule has 0 aliphatic heterocycles. The predicted molar refractivity (Wildman–Crippen MR) is 137 cm³/mol. The Balaban J connectivity index is 1.41. The first-order chi connectivity index (χ1) is 17.1. The van der Waals surface area contributed by atoms with E-state index in [0.29, 0.717) is 35.8 Å².